The minimum atomic E-state index is -3.10. The molecule has 3 rings (SSSR count). The normalized spacial score (nSPS) is 27.3. The lowest BCUT2D eigenvalue weighted by molar-refractivity contribution is 0.385. The molecule has 0 saturated carbocycles. The molecule has 2 unspecified atom stereocenters. The molecule has 0 aromatic heterocycles. The molecule has 0 amide bonds. The molecule has 2 aliphatic heterocycles. The van der Waals surface area contributed by atoms with Crippen LogP contribution in [0.25, 0.3) is 0 Å². The van der Waals surface area contributed by atoms with Gasteiger partial charge in [-0.25, -0.2) is 8.42 Å². The topological polar surface area (TPSA) is 49.4 Å². The summed E-state index contributed by atoms with van der Waals surface area (Å²) in [6.45, 7) is 3.22. The molecule has 104 valence electrons. The molecule has 4 nitrogen and oxygen atoms in total. The first-order valence-electron chi connectivity index (χ1n) is 6.83. The van der Waals surface area contributed by atoms with E-state index < -0.39 is 9.84 Å². The lowest BCUT2D eigenvalue weighted by Crippen LogP contribution is -2.45. The molecule has 1 aromatic carbocycles. The quantitative estimate of drug-likeness (QED) is 0.886. The van der Waals surface area contributed by atoms with E-state index in [1.807, 2.05) is 12.1 Å². The van der Waals surface area contributed by atoms with Gasteiger partial charge in [-0.3, -0.25) is 0 Å². The number of rotatable bonds is 2. The predicted molar refractivity (Wildman–Crippen MR) is 76.3 cm³/mol. The zero-order valence-electron chi connectivity index (χ0n) is 11.2. The summed E-state index contributed by atoms with van der Waals surface area (Å²) in [5.74, 6) is 0.739. The number of fused-ring (bicyclic) bond motifs is 1. The number of hydrogen-bond acceptors (Lipinski definition) is 4. The van der Waals surface area contributed by atoms with Crippen LogP contribution in [-0.2, 0) is 9.84 Å². The maximum Gasteiger partial charge on any atom is 0.175 e. The first-order chi connectivity index (χ1) is 9.05. The van der Waals surface area contributed by atoms with Gasteiger partial charge in [0, 0.05) is 37.6 Å². The summed E-state index contributed by atoms with van der Waals surface area (Å²) in [7, 11) is -3.10. The van der Waals surface area contributed by atoms with Crippen LogP contribution >= 0.6 is 0 Å². The number of piperidine rings is 1. The molecule has 1 N–H and O–H groups in total. The maximum atomic E-state index is 11.5. The molecule has 2 fully saturated rings. The number of sulfone groups is 1. The fourth-order valence-electron chi connectivity index (χ4n) is 3.27. The fourth-order valence-corrected chi connectivity index (χ4v) is 3.90. The molecule has 0 spiro atoms. The van der Waals surface area contributed by atoms with E-state index in [0.717, 1.165) is 31.2 Å². The molecular formula is C14H20N2O2S. The van der Waals surface area contributed by atoms with Crippen molar-refractivity contribution in [3.63, 3.8) is 0 Å². The molecule has 0 bridgehead atoms. The minimum absolute atomic E-state index is 0.398. The van der Waals surface area contributed by atoms with Crippen LogP contribution in [0.4, 0.5) is 5.69 Å². The Hall–Kier alpha value is -1.07. The molecule has 0 radical (unpaired) electrons. The summed E-state index contributed by atoms with van der Waals surface area (Å²) in [4.78, 5) is 2.83. The summed E-state index contributed by atoms with van der Waals surface area (Å²) in [6.07, 6.45) is 3.77. The van der Waals surface area contributed by atoms with Crippen LogP contribution in [0.5, 0.6) is 0 Å². The van der Waals surface area contributed by atoms with Crippen molar-refractivity contribution in [1.82, 2.24) is 5.32 Å². The molecule has 2 heterocycles. The Balaban J connectivity index is 1.85. The first-order valence-corrected chi connectivity index (χ1v) is 8.72. The molecule has 0 aliphatic carbocycles. The molecule has 2 saturated heterocycles. The van der Waals surface area contributed by atoms with Gasteiger partial charge in [0.05, 0.1) is 4.90 Å². The van der Waals surface area contributed by atoms with Crippen LogP contribution in [0.3, 0.4) is 0 Å². The van der Waals surface area contributed by atoms with Crippen molar-refractivity contribution in [1.29, 1.82) is 0 Å². The molecule has 1 aromatic rings. The van der Waals surface area contributed by atoms with Gasteiger partial charge in [-0.15, -0.1) is 0 Å². The van der Waals surface area contributed by atoms with Crippen LogP contribution in [-0.4, -0.2) is 40.3 Å². The average Bonchev–Trinajstić information content (AvgIpc) is 2.86. The third kappa shape index (κ3) is 2.49. The van der Waals surface area contributed by atoms with Gasteiger partial charge in [-0.2, -0.15) is 0 Å². The Bertz CT molecular complexity index is 553. The summed E-state index contributed by atoms with van der Waals surface area (Å²) < 4.78 is 23.0. The zero-order chi connectivity index (χ0) is 13.5. The summed E-state index contributed by atoms with van der Waals surface area (Å²) in [6, 6.07) is 7.89. The third-order valence-corrected chi connectivity index (χ3v) is 5.40. The van der Waals surface area contributed by atoms with Crippen molar-refractivity contribution in [2.24, 2.45) is 5.92 Å². The number of hydrogen-bond donors (Lipinski definition) is 1. The molecule has 19 heavy (non-hydrogen) atoms. The van der Waals surface area contributed by atoms with Crippen molar-refractivity contribution in [3.05, 3.63) is 24.3 Å². The van der Waals surface area contributed by atoms with E-state index in [2.05, 4.69) is 10.2 Å². The highest BCUT2D eigenvalue weighted by atomic mass is 32.2. The lowest BCUT2D eigenvalue weighted by Gasteiger charge is -2.38. The highest BCUT2D eigenvalue weighted by Crippen LogP contribution is 2.31. The van der Waals surface area contributed by atoms with E-state index in [0.29, 0.717) is 10.9 Å². The Morgan fingerprint density at radius 2 is 1.95 bits per heavy atom. The second kappa shape index (κ2) is 4.80. The summed E-state index contributed by atoms with van der Waals surface area (Å²) in [5, 5.41) is 3.46. The number of benzene rings is 1. The Kier molecular flexibility index (Phi) is 3.27. The van der Waals surface area contributed by atoms with Gasteiger partial charge in [0.1, 0.15) is 0 Å². The smallest absolute Gasteiger partial charge is 0.175 e. The van der Waals surface area contributed by atoms with Gasteiger partial charge in [0.2, 0.25) is 0 Å². The number of nitrogens with zero attached hydrogens (tertiary/aromatic N) is 1. The molecule has 2 atom stereocenters. The standard InChI is InChI=1S/C14H20N2O2S/c1-19(17,18)13-6-4-12(5-7-13)16-8-2-3-11-9-15-10-14(11)16/h4-7,11,14-15H,2-3,8-10H2,1H3. The van der Waals surface area contributed by atoms with Gasteiger partial charge in [0.15, 0.2) is 9.84 Å². The summed E-state index contributed by atoms with van der Waals surface area (Å²) >= 11 is 0. The van der Waals surface area contributed by atoms with Gasteiger partial charge in [-0.05, 0) is 43.0 Å². The second-order valence-electron chi connectivity index (χ2n) is 5.59. The van der Waals surface area contributed by atoms with Gasteiger partial charge >= 0.3 is 0 Å². The van der Waals surface area contributed by atoms with E-state index >= 15 is 0 Å². The van der Waals surface area contributed by atoms with Crippen LogP contribution < -0.4 is 10.2 Å². The Morgan fingerprint density at radius 1 is 1.21 bits per heavy atom. The van der Waals surface area contributed by atoms with Gasteiger partial charge in [0.25, 0.3) is 0 Å². The highest BCUT2D eigenvalue weighted by Gasteiger charge is 2.34. The summed E-state index contributed by atoms with van der Waals surface area (Å²) in [5.41, 5.74) is 1.14. The van der Waals surface area contributed by atoms with E-state index in [4.69, 9.17) is 0 Å². The van der Waals surface area contributed by atoms with E-state index in [1.165, 1.54) is 19.1 Å². The average molecular weight is 280 g/mol. The second-order valence-corrected chi connectivity index (χ2v) is 7.60. The Morgan fingerprint density at radius 3 is 2.63 bits per heavy atom. The molecule has 5 heteroatoms. The van der Waals surface area contributed by atoms with Crippen molar-refractivity contribution in [2.45, 2.75) is 23.8 Å². The van der Waals surface area contributed by atoms with Gasteiger partial charge < -0.3 is 10.2 Å². The van der Waals surface area contributed by atoms with Crippen LogP contribution in [0.15, 0.2) is 29.2 Å². The van der Waals surface area contributed by atoms with E-state index in [1.54, 1.807) is 12.1 Å². The SMILES string of the molecule is CS(=O)(=O)c1ccc(N2CCCC3CNCC32)cc1. The number of nitrogens with one attached hydrogen (secondary N) is 1. The largest absolute Gasteiger partial charge is 0.367 e. The maximum absolute atomic E-state index is 11.5. The van der Waals surface area contributed by atoms with E-state index in [9.17, 15) is 8.42 Å². The third-order valence-electron chi connectivity index (χ3n) is 4.27. The van der Waals surface area contributed by atoms with Crippen molar-refractivity contribution >= 4 is 15.5 Å². The Labute approximate surface area is 114 Å². The number of anilines is 1. The van der Waals surface area contributed by atoms with E-state index in [-0.39, 0.29) is 0 Å². The monoisotopic (exact) mass is 280 g/mol. The fraction of sp³-hybridized carbons (Fsp3) is 0.571. The van der Waals surface area contributed by atoms with Crippen molar-refractivity contribution in [2.75, 3.05) is 30.8 Å². The highest BCUT2D eigenvalue weighted by molar-refractivity contribution is 7.90. The van der Waals surface area contributed by atoms with Crippen LogP contribution in [0, 0.1) is 5.92 Å². The van der Waals surface area contributed by atoms with Crippen molar-refractivity contribution in [3.8, 4) is 0 Å². The molecule has 2 aliphatic rings. The zero-order valence-corrected chi connectivity index (χ0v) is 12.0. The van der Waals surface area contributed by atoms with Crippen molar-refractivity contribution < 1.29 is 8.42 Å². The predicted octanol–water partition coefficient (Wildman–Crippen LogP) is 1.28. The lowest BCUT2D eigenvalue weighted by atomic mass is 9.91. The minimum Gasteiger partial charge on any atom is -0.367 e. The molecular weight excluding hydrogens is 260 g/mol. The first kappa shape index (κ1) is 12.9. The van der Waals surface area contributed by atoms with Gasteiger partial charge in [-0.1, -0.05) is 0 Å². The van der Waals surface area contributed by atoms with Crippen LogP contribution in [0.1, 0.15) is 12.8 Å². The van der Waals surface area contributed by atoms with Crippen LogP contribution in [0.2, 0.25) is 0 Å².